The van der Waals surface area contributed by atoms with Crippen LogP contribution in [0.15, 0.2) is 35.1 Å². The second kappa shape index (κ2) is 6.28. The molecule has 0 spiro atoms. The minimum atomic E-state index is -0.191. The predicted octanol–water partition coefficient (Wildman–Crippen LogP) is 2.36. The van der Waals surface area contributed by atoms with E-state index in [0.29, 0.717) is 17.8 Å². The number of hydrogen-bond donors (Lipinski definition) is 2. The Morgan fingerprint density at radius 2 is 2.13 bits per heavy atom. The zero-order chi connectivity index (χ0) is 16.4. The lowest BCUT2D eigenvalue weighted by Crippen LogP contribution is -2.26. The van der Waals surface area contributed by atoms with Crippen LogP contribution in [0.4, 0.5) is 0 Å². The van der Waals surface area contributed by atoms with Crippen molar-refractivity contribution in [2.45, 2.75) is 32.7 Å². The third-order valence-corrected chi connectivity index (χ3v) is 3.98. The van der Waals surface area contributed by atoms with E-state index in [-0.39, 0.29) is 17.4 Å². The fourth-order valence-corrected chi connectivity index (χ4v) is 2.77. The Balaban J connectivity index is 1.74. The number of ether oxygens (including phenoxy) is 1. The molecule has 2 aromatic rings. The number of fused-ring (bicyclic) bond motifs is 1. The Hall–Kier alpha value is -2.56. The maximum Gasteiger partial charge on any atom is 0.253 e. The number of amides is 1. The molecule has 120 valence electrons. The van der Waals surface area contributed by atoms with Crippen molar-refractivity contribution in [2.75, 3.05) is 6.61 Å². The molecule has 1 aliphatic rings. The smallest absolute Gasteiger partial charge is 0.253 e. The first-order valence-electron chi connectivity index (χ1n) is 7.80. The highest BCUT2D eigenvalue weighted by Gasteiger charge is 2.16. The number of aromatic amines is 1. The van der Waals surface area contributed by atoms with Crippen LogP contribution in [-0.2, 0) is 13.0 Å². The zero-order valence-corrected chi connectivity index (χ0v) is 13.3. The van der Waals surface area contributed by atoms with Gasteiger partial charge in [0.05, 0.1) is 12.2 Å². The molecular formula is C18H20N2O3. The highest BCUT2D eigenvalue weighted by atomic mass is 16.5. The molecule has 2 heterocycles. The van der Waals surface area contributed by atoms with Gasteiger partial charge in [-0.25, -0.2) is 0 Å². The summed E-state index contributed by atoms with van der Waals surface area (Å²) in [7, 11) is 0. The molecule has 3 rings (SSSR count). The highest BCUT2D eigenvalue weighted by Crippen LogP contribution is 2.25. The van der Waals surface area contributed by atoms with E-state index in [1.807, 2.05) is 26.0 Å². The van der Waals surface area contributed by atoms with Gasteiger partial charge in [-0.15, -0.1) is 0 Å². The molecule has 1 amide bonds. The first kappa shape index (κ1) is 15.3. The van der Waals surface area contributed by atoms with Crippen LogP contribution in [0.5, 0.6) is 5.75 Å². The Labute approximate surface area is 134 Å². The molecule has 0 unspecified atom stereocenters. The quantitative estimate of drug-likeness (QED) is 0.910. The minimum absolute atomic E-state index is 0.0711. The van der Waals surface area contributed by atoms with Crippen molar-refractivity contribution in [1.29, 1.82) is 0 Å². The van der Waals surface area contributed by atoms with Crippen molar-refractivity contribution >= 4 is 5.91 Å². The second-order valence-corrected chi connectivity index (χ2v) is 6.03. The molecule has 5 nitrogen and oxygen atoms in total. The first-order chi connectivity index (χ1) is 11.0. The maximum absolute atomic E-state index is 12.4. The van der Waals surface area contributed by atoms with E-state index in [1.54, 1.807) is 6.07 Å². The fraction of sp³-hybridized carbons (Fsp3) is 0.333. The summed E-state index contributed by atoms with van der Waals surface area (Å²) in [6.07, 6.45) is 0.911. The van der Waals surface area contributed by atoms with Crippen LogP contribution in [0.1, 0.15) is 46.9 Å². The largest absolute Gasteiger partial charge is 0.493 e. The third-order valence-electron chi connectivity index (χ3n) is 3.98. The summed E-state index contributed by atoms with van der Waals surface area (Å²) < 4.78 is 5.48. The van der Waals surface area contributed by atoms with Crippen molar-refractivity contribution in [2.24, 2.45) is 0 Å². The summed E-state index contributed by atoms with van der Waals surface area (Å²) in [5.41, 5.74) is 3.21. The van der Waals surface area contributed by atoms with Gasteiger partial charge in [0.25, 0.3) is 5.91 Å². The van der Waals surface area contributed by atoms with E-state index in [0.717, 1.165) is 24.3 Å². The van der Waals surface area contributed by atoms with Gasteiger partial charge in [0.15, 0.2) is 0 Å². The van der Waals surface area contributed by atoms with Crippen molar-refractivity contribution in [3.63, 3.8) is 0 Å². The summed E-state index contributed by atoms with van der Waals surface area (Å²) >= 11 is 0. The molecule has 0 saturated carbocycles. The van der Waals surface area contributed by atoms with Gasteiger partial charge in [0, 0.05) is 24.7 Å². The average Bonchev–Trinajstić information content (AvgIpc) is 3.00. The minimum Gasteiger partial charge on any atom is -0.493 e. The number of nitrogens with one attached hydrogen (secondary N) is 2. The lowest BCUT2D eigenvalue weighted by atomic mass is 10.0. The molecule has 0 saturated heterocycles. The molecule has 0 bridgehead atoms. The Kier molecular flexibility index (Phi) is 4.19. The predicted molar refractivity (Wildman–Crippen MR) is 88.0 cm³/mol. The van der Waals surface area contributed by atoms with Crippen molar-refractivity contribution in [1.82, 2.24) is 10.3 Å². The fourth-order valence-electron chi connectivity index (χ4n) is 2.77. The van der Waals surface area contributed by atoms with Gasteiger partial charge in [-0.3, -0.25) is 9.59 Å². The molecule has 0 atom stereocenters. The first-order valence-corrected chi connectivity index (χ1v) is 7.80. The van der Waals surface area contributed by atoms with Crippen LogP contribution in [0.3, 0.4) is 0 Å². The number of pyridine rings is 1. The van der Waals surface area contributed by atoms with Gasteiger partial charge in [0.1, 0.15) is 5.75 Å². The van der Waals surface area contributed by atoms with Crippen LogP contribution >= 0.6 is 0 Å². The number of benzene rings is 1. The summed E-state index contributed by atoms with van der Waals surface area (Å²) in [6, 6.07) is 8.94. The van der Waals surface area contributed by atoms with Gasteiger partial charge < -0.3 is 15.0 Å². The zero-order valence-electron chi connectivity index (χ0n) is 13.3. The molecule has 5 heteroatoms. The Bertz CT molecular complexity index is 793. The van der Waals surface area contributed by atoms with Crippen LogP contribution in [0.25, 0.3) is 0 Å². The second-order valence-electron chi connectivity index (χ2n) is 6.03. The summed E-state index contributed by atoms with van der Waals surface area (Å²) in [6.45, 7) is 5.06. The normalized spacial score (nSPS) is 12.8. The van der Waals surface area contributed by atoms with E-state index in [4.69, 9.17) is 4.74 Å². The molecule has 23 heavy (non-hydrogen) atoms. The average molecular weight is 312 g/mol. The van der Waals surface area contributed by atoms with Crippen LogP contribution < -0.4 is 15.6 Å². The maximum atomic E-state index is 12.4. The number of H-pyrrole nitrogens is 1. The summed E-state index contributed by atoms with van der Waals surface area (Å²) in [4.78, 5) is 26.6. The standard InChI is InChI=1S/C18H20N2O3/c1-11(2)17-14(4-6-16(21)20-17)18(22)19-10-12-3-5-15-13(9-12)7-8-23-15/h3-6,9,11H,7-8,10H2,1-2H3,(H,19,22)(H,20,21). The molecule has 1 aromatic heterocycles. The Morgan fingerprint density at radius 3 is 2.91 bits per heavy atom. The molecule has 1 aromatic carbocycles. The van der Waals surface area contributed by atoms with Crippen LogP contribution in [0.2, 0.25) is 0 Å². The third kappa shape index (κ3) is 3.28. The molecule has 2 N–H and O–H groups in total. The van der Waals surface area contributed by atoms with Gasteiger partial charge in [0.2, 0.25) is 5.56 Å². The molecule has 1 aliphatic heterocycles. The van der Waals surface area contributed by atoms with Gasteiger partial charge in [-0.05, 0) is 29.2 Å². The SMILES string of the molecule is CC(C)c1[nH]c(=O)ccc1C(=O)NCc1ccc2c(c1)CCO2. The number of carbonyl (C=O) groups is 1. The lowest BCUT2D eigenvalue weighted by Gasteiger charge is -2.12. The van der Waals surface area contributed by atoms with Crippen molar-refractivity contribution in [3.05, 3.63) is 63.1 Å². The summed E-state index contributed by atoms with van der Waals surface area (Å²) in [5, 5.41) is 2.92. The van der Waals surface area contributed by atoms with E-state index in [1.165, 1.54) is 11.6 Å². The van der Waals surface area contributed by atoms with E-state index >= 15 is 0 Å². The van der Waals surface area contributed by atoms with Crippen molar-refractivity contribution in [3.8, 4) is 5.75 Å². The van der Waals surface area contributed by atoms with E-state index in [2.05, 4.69) is 16.4 Å². The monoisotopic (exact) mass is 312 g/mol. The number of hydrogen-bond acceptors (Lipinski definition) is 3. The van der Waals surface area contributed by atoms with Crippen LogP contribution in [0, 0.1) is 0 Å². The number of carbonyl (C=O) groups excluding carboxylic acids is 1. The summed E-state index contributed by atoms with van der Waals surface area (Å²) in [5.74, 6) is 0.825. The van der Waals surface area contributed by atoms with Gasteiger partial charge in [-0.1, -0.05) is 26.0 Å². The van der Waals surface area contributed by atoms with E-state index in [9.17, 15) is 9.59 Å². The van der Waals surface area contributed by atoms with E-state index < -0.39 is 0 Å². The molecule has 0 radical (unpaired) electrons. The van der Waals surface area contributed by atoms with Gasteiger partial charge in [-0.2, -0.15) is 0 Å². The number of aromatic nitrogens is 1. The lowest BCUT2D eigenvalue weighted by molar-refractivity contribution is 0.0949. The molecule has 0 aliphatic carbocycles. The van der Waals surface area contributed by atoms with Crippen LogP contribution in [-0.4, -0.2) is 17.5 Å². The molecule has 0 fully saturated rings. The highest BCUT2D eigenvalue weighted by molar-refractivity contribution is 5.95. The number of rotatable bonds is 4. The van der Waals surface area contributed by atoms with Crippen molar-refractivity contribution < 1.29 is 9.53 Å². The Morgan fingerprint density at radius 1 is 1.30 bits per heavy atom. The van der Waals surface area contributed by atoms with Gasteiger partial charge >= 0.3 is 0 Å². The topological polar surface area (TPSA) is 71.2 Å². The molecular weight excluding hydrogens is 292 g/mol.